The Morgan fingerprint density at radius 2 is 1.72 bits per heavy atom. The van der Waals surface area contributed by atoms with Gasteiger partial charge in [-0.25, -0.2) is 4.39 Å². The summed E-state index contributed by atoms with van der Waals surface area (Å²) in [7, 11) is 0. The van der Waals surface area contributed by atoms with Crippen LogP contribution in [0, 0.1) is 5.82 Å². The second kappa shape index (κ2) is 6.12. The highest BCUT2D eigenvalue weighted by Gasteiger charge is 2.08. The Balaban J connectivity index is 2.05. The van der Waals surface area contributed by atoms with Crippen LogP contribution in [-0.4, -0.2) is 0 Å². The zero-order valence-electron chi connectivity index (χ0n) is 10.1. The molecular weight excluding hydrogens is 227 g/mol. The summed E-state index contributed by atoms with van der Waals surface area (Å²) in [5.74, 6) is -0.242. The molecule has 0 aliphatic carbocycles. The van der Waals surface area contributed by atoms with E-state index in [2.05, 4.69) is 6.58 Å². The number of ether oxygens (including phenoxy) is 1. The largest absolute Gasteiger partial charge is 0.365 e. The van der Waals surface area contributed by atoms with E-state index in [0.29, 0.717) is 5.56 Å². The maximum absolute atomic E-state index is 13.4. The first-order chi connectivity index (χ1) is 8.81. The second-order valence-electron chi connectivity index (χ2n) is 3.97. The molecular formula is C16H15FO. The van der Waals surface area contributed by atoms with Gasteiger partial charge in [0.2, 0.25) is 0 Å². The summed E-state index contributed by atoms with van der Waals surface area (Å²) in [4.78, 5) is 0. The Morgan fingerprint density at radius 3 is 2.39 bits per heavy atom. The van der Waals surface area contributed by atoms with Crippen molar-refractivity contribution in [3.63, 3.8) is 0 Å². The van der Waals surface area contributed by atoms with Crippen molar-refractivity contribution in [2.45, 2.75) is 12.7 Å². The van der Waals surface area contributed by atoms with Crippen molar-refractivity contribution in [1.82, 2.24) is 0 Å². The molecule has 2 aromatic rings. The van der Waals surface area contributed by atoms with E-state index in [4.69, 9.17) is 4.74 Å². The minimum absolute atomic E-state index is 0.217. The highest BCUT2D eigenvalue weighted by atomic mass is 19.1. The SMILES string of the molecule is C=C[C@@H](OCc1ccccc1F)c1ccccc1. The lowest BCUT2D eigenvalue weighted by Crippen LogP contribution is -2.02. The van der Waals surface area contributed by atoms with Gasteiger partial charge in [-0.05, 0) is 11.6 Å². The Morgan fingerprint density at radius 1 is 1.06 bits per heavy atom. The lowest BCUT2D eigenvalue weighted by Gasteiger charge is -2.14. The molecule has 0 radical (unpaired) electrons. The van der Waals surface area contributed by atoms with Gasteiger partial charge in [-0.2, -0.15) is 0 Å². The highest BCUT2D eigenvalue weighted by molar-refractivity contribution is 5.21. The quantitative estimate of drug-likeness (QED) is 0.711. The van der Waals surface area contributed by atoms with E-state index in [1.807, 2.05) is 30.3 Å². The summed E-state index contributed by atoms with van der Waals surface area (Å²) >= 11 is 0. The van der Waals surface area contributed by atoms with Crippen molar-refractivity contribution in [2.75, 3.05) is 0 Å². The first-order valence-electron chi connectivity index (χ1n) is 5.84. The fourth-order valence-corrected chi connectivity index (χ4v) is 1.74. The molecule has 0 unspecified atom stereocenters. The van der Waals surface area contributed by atoms with Gasteiger partial charge in [0, 0.05) is 5.56 Å². The summed E-state index contributed by atoms with van der Waals surface area (Å²) in [6.07, 6.45) is 1.50. The zero-order valence-corrected chi connectivity index (χ0v) is 10.1. The number of benzene rings is 2. The Bertz CT molecular complexity index is 508. The van der Waals surface area contributed by atoms with Crippen LogP contribution in [0.2, 0.25) is 0 Å². The lowest BCUT2D eigenvalue weighted by atomic mass is 10.1. The molecule has 0 fully saturated rings. The molecule has 0 saturated heterocycles. The van der Waals surface area contributed by atoms with E-state index in [0.717, 1.165) is 5.56 Å². The van der Waals surface area contributed by atoms with Crippen LogP contribution in [0.5, 0.6) is 0 Å². The average molecular weight is 242 g/mol. The van der Waals surface area contributed by atoms with E-state index in [1.54, 1.807) is 24.3 Å². The number of halogens is 1. The van der Waals surface area contributed by atoms with Crippen molar-refractivity contribution in [3.05, 3.63) is 84.2 Å². The molecule has 0 aliphatic heterocycles. The average Bonchev–Trinajstić information content (AvgIpc) is 2.42. The summed E-state index contributed by atoms with van der Waals surface area (Å²) in [6, 6.07) is 16.4. The van der Waals surface area contributed by atoms with Crippen LogP contribution >= 0.6 is 0 Å². The van der Waals surface area contributed by atoms with Crippen LogP contribution in [0.15, 0.2) is 67.3 Å². The van der Waals surface area contributed by atoms with Gasteiger partial charge in [-0.1, -0.05) is 54.6 Å². The first kappa shape index (κ1) is 12.5. The molecule has 2 heteroatoms. The van der Waals surface area contributed by atoms with Crippen molar-refractivity contribution >= 4 is 0 Å². The minimum Gasteiger partial charge on any atom is -0.365 e. The topological polar surface area (TPSA) is 9.23 Å². The fourth-order valence-electron chi connectivity index (χ4n) is 1.74. The van der Waals surface area contributed by atoms with Gasteiger partial charge in [-0.3, -0.25) is 0 Å². The van der Waals surface area contributed by atoms with Gasteiger partial charge in [0.05, 0.1) is 6.61 Å². The van der Waals surface area contributed by atoms with E-state index >= 15 is 0 Å². The third kappa shape index (κ3) is 3.05. The van der Waals surface area contributed by atoms with Gasteiger partial charge in [0.25, 0.3) is 0 Å². The highest BCUT2D eigenvalue weighted by Crippen LogP contribution is 2.20. The molecule has 2 aromatic carbocycles. The number of hydrogen-bond donors (Lipinski definition) is 0. The summed E-state index contributed by atoms with van der Waals surface area (Å²) in [6.45, 7) is 3.99. The van der Waals surface area contributed by atoms with E-state index in [-0.39, 0.29) is 18.5 Å². The van der Waals surface area contributed by atoms with Gasteiger partial charge < -0.3 is 4.74 Å². The smallest absolute Gasteiger partial charge is 0.128 e. The molecule has 0 heterocycles. The molecule has 1 atom stereocenters. The molecule has 0 aliphatic rings. The zero-order chi connectivity index (χ0) is 12.8. The minimum atomic E-state index is -0.242. The standard InChI is InChI=1S/C16H15FO/c1-2-16(13-8-4-3-5-9-13)18-12-14-10-6-7-11-15(14)17/h2-11,16H,1,12H2/t16-/m1/s1. The molecule has 2 rings (SSSR count). The van der Waals surface area contributed by atoms with Gasteiger partial charge in [-0.15, -0.1) is 6.58 Å². The third-order valence-corrected chi connectivity index (χ3v) is 2.72. The molecule has 92 valence electrons. The van der Waals surface area contributed by atoms with Crippen molar-refractivity contribution in [2.24, 2.45) is 0 Å². The first-order valence-corrected chi connectivity index (χ1v) is 5.84. The van der Waals surface area contributed by atoms with Crippen LogP contribution in [0.1, 0.15) is 17.2 Å². The summed E-state index contributed by atoms with van der Waals surface area (Å²) in [5.41, 5.74) is 1.57. The molecule has 0 N–H and O–H groups in total. The maximum atomic E-state index is 13.4. The summed E-state index contributed by atoms with van der Waals surface area (Å²) in [5, 5.41) is 0. The van der Waals surface area contributed by atoms with Crippen LogP contribution in [-0.2, 0) is 11.3 Å². The van der Waals surface area contributed by atoms with Gasteiger partial charge in [0.15, 0.2) is 0 Å². The third-order valence-electron chi connectivity index (χ3n) is 2.72. The Hall–Kier alpha value is -1.93. The van der Waals surface area contributed by atoms with Crippen molar-refractivity contribution in [1.29, 1.82) is 0 Å². The maximum Gasteiger partial charge on any atom is 0.128 e. The van der Waals surface area contributed by atoms with E-state index < -0.39 is 0 Å². The number of rotatable bonds is 5. The van der Waals surface area contributed by atoms with Crippen LogP contribution in [0.25, 0.3) is 0 Å². The predicted molar refractivity (Wildman–Crippen MR) is 70.6 cm³/mol. The molecule has 0 aromatic heterocycles. The normalized spacial score (nSPS) is 12.1. The Labute approximate surface area is 107 Å². The predicted octanol–water partition coefficient (Wildman–Crippen LogP) is 4.27. The van der Waals surface area contributed by atoms with Crippen LogP contribution in [0.4, 0.5) is 4.39 Å². The molecule has 18 heavy (non-hydrogen) atoms. The van der Waals surface area contributed by atoms with Crippen LogP contribution in [0.3, 0.4) is 0 Å². The molecule has 1 nitrogen and oxygen atoms in total. The van der Waals surface area contributed by atoms with E-state index in [1.165, 1.54) is 6.07 Å². The fraction of sp³-hybridized carbons (Fsp3) is 0.125. The van der Waals surface area contributed by atoms with Crippen molar-refractivity contribution in [3.8, 4) is 0 Å². The molecule has 0 bridgehead atoms. The van der Waals surface area contributed by atoms with Crippen LogP contribution < -0.4 is 0 Å². The molecule has 0 saturated carbocycles. The lowest BCUT2D eigenvalue weighted by molar-refractivity contribution is 0.0702. The van der Waals surface area contributed by atoms with Gasteiger partial charge in [0.1, 0.15) is 11.9 Å². The van der Waals surface area contributed by atoms with Crippen molar-refractivity contribution < 1.29 is 9.13 Å². The molecule has 0 amide bonds. The van der Waals surface area contributed by atoms with Gasteiger partial charge >= 0.3 is 0 Å². The second-order valence-corrected chi connectivity index (χ2v) is 3.97. The summed E-state index contributed by atoms with van der Waals surface area (Å²) < 4.78 is 19.1. The monoisotopic (exact) mass is 242 g/mol. The molecule has 0 spiro atoms. The Kier molecular flexibility index (Phi) is 4.26. The van der Waals surface area contributed by atoms with E-state index in [9.17, 15) is 4.39 Å². The number of hydrogen-bond acceptors (Lipinski definition) is 1.